The van der Waals surface area contributed by atoms with E-state index in [-0.39, 0.29) is 0 Å². The van der Waals surface area contributed by atoms with Crippen LogP contribution in [-0.4, -0.2) is 11.1 Å². The Labute approximate surface area is 84.0 Å². The highest BCUT2D eigenvalue weighted by Crippen LogP contribution is 2.11. The fraction of sp³-hybridized carbons (Fsp3) is 0.300. The predicted octanol–water partition coefficient (Wildman–Crippen LogP) is 2.68. The van der Waals surface area contributed by atoms with Crippen LogP contribution in [0, 0.1) is 13.8 Å². The third-order valence-corrected chi connectivity index (χ3v) is 1.77. The van der Waals surface area contributed by atoms with E-state index in [2.05, 4.69) is 38.6 Å². The van der Waals surface area contributed by atoms with Crippen LogP contribution in [0.2, 0.25) is 0 Å². The van der Waals surface area contributed by atoms with Gasteiger partial charge in [-0.25, -0.2) is 0 Å². The lowest BCUT2D eigenvalue weighted by Gasteiger charge is -1.97. The van der Waals surface area contributed by atoms with Gasteiger partial charge in [-0.2, -0.15) is 0 Å². The van der Waals surface area contributed by atoms with Gasteiger partial charge < -0.3 is 5.11 Å². The van der Waals surface area contributed by atoms with Crippen LogP contribution in [0.5, 0.6) is 0 Å². The van der Waals surface area contributed by atoms with E-state index in [0.29, 0.717) is 0 Å². The summed E-state index contributed by atoms with van der Waals surface area (Å²) < 4.78 is 0. The van der Waals surface area contributed by atoms with Crippen molar-refractivity contribution in [2.24, 2.45) is 0 Å². The number of carboxylic acids is 1. The Kier molecular flexibility index (Phi) is 5.23. The number of hydrogen-bond donors (Lipinski definition) is 2. The summed E-state index contributed by atoms with van der Waals surface area (Å²) in [6, 6.07) is 6.15. The highest BCUT2D eigenvalue weighted by molar-refractivity contribution is 7.80. The average Bonchev–Trinajstić information content (AvgIpc) is 1.96. The van der Waals surface area contributed by atoms with E-state index in [0.717, 1.165) is 11.8 Å². The first-order chi connectivity index (χ1) is 5.93. The van der Waals surface area contributed by atoms with Crippen LogP contribution < -0.4 is 0 Å². The second kappa shape index (κ2) is 5.65. The molecule has 0 aliphatic rings. The molecule has 0 bridgehead atoms. The van der Waals surface area contributed by atoms with E-state index in [4.69, 9.17) is 9.90 Å². The topological polar surface area (TPSA) is 37.3 Å². The quantitative estimate of drug-likeness (QED) is 0.629. The Morgan fingerprint density at radius 1 is 1.31 bits per heavy atom. The van der Waals surface area contributed by atoms with Crippen molar-refractivity contribution < 1.29 is 9.90 Å². The number of thiol groups is 1. The van der Waals surface area contributed by atoms with Gasteiger partial charge in [0.2, 0.25) is 0 Å². The van der Waals surface area contributed by atoms with Crippen molar-refractivity contribution in [2.75, 3.05) is 0 Å². The minimum atomic E-state index is -0.833. The molecule has 0 saturated carbocycles. The molecule has 13 heavy (non-hydrogen) atoms. The number of carbonyl (C=O) groups is 1. The second-order valence-electron chi connectivity index (χ2n) is 2.79. The zero-order valence-electron chi connectivity index (χ0n) is 8.03. The first-order valence-electron chi connectivity index (χ1n) is 3.89. The van der Waals surface area contributed by atoms with Gasteiger partial charge in [-0.3, -0.25) is 4.79 Å². The summed E-state index contributed by atoms with van der Waals surface area (Å²) in [5.74, 6) is -0.833. The van der Waals surface area contributed by atoms with Gasteiger partial charge in [0.1, 0.15) is 0 Å². The van der Waals surface area contributed by atoms with Gasteiger partial charge in [-0.1, -0.05) is 6.07 Å². The second-order valence-corrected chi connectivity index (χ2v) is 3.30. The molecule has 0 spiro atoms. The van der Waals surface area contributed by atoms with E-state index in [1.807, 2.05) is 6.07 Å². The molecule has 0 fully saturated rings. The fourth-order valence-electron chi connectivity index (χ4n) is 0.726. The van der Waals surface area contributed by atoms with Crippen molar-refractivity contribution in [3.05, 3.63) is 29.3 Å². The van der Waals surface area contributed by atoms with Gasteiger partial charge in [0.05, 0.1) is 0 Å². The van der Waals surface area contributed by atoms with Gasteiger partial charge in [0.25, 0.3) is 5.97 Å². The fourth-order valence-corrected chi connectivity index (χ4v) is 0.994. The smallest absolute Gasteiger partial charge is 0.300 e. The highest BCUT2D eigenvalue weighted by Gasteiger charge is 1.89. The zero-order chi connectivity index (χ0) is 10.4. The molecular formula is C10H14O2S. The summed E-state index contributed by atoms with van der Waals surface area (Å²) in [6.45, 7) is 5.28. The summed E-state index contributed by atoms with van der Waals surface area (Å²) >= 11 is 4.20. The molecule has 0 unspecified atom stereocenters. The number of carboxylic acid groups (broad SMARTS) is 1. The first-order valence-corrected chi connectivity index (χ1v) is 4.34. The molecule has 1 N–H and O–H groups in total. The van der Waals surface area contributed by atoms with Gasteiger partial charge >= 0.3 is 0 Å². The zero-order valence-corrected chi connectivity index (χ0v) is 8.93. The van der Waals surface area contributed by atoms with Crippen molar-refractivity contribution in [3.8, 4) is 0 Å². The standard InChI is InChI=1S/C8H10S.C2H4O2/c1-6-3-4-8(9)5-7(6)2;1-2(3)4/h3-5,9H,1-2H3;1H3,(H,3,4). The molecule has 1 rings (SSSR count). The number of hydrogen-bond acceptors (Lipinski definition) is 2. The van der Waals surface area contributed by atoms with Crippen molar-refractivity contribution in [1.29, 1.82) is 0 Å². The molecule has 0 atom stereocenters. The highest BCUT2D eigenvalue weighted by atomic mass is 32.1. The number of aliphatic carboxylic acids is 1. The molecular weight excluding hydrogens is 184 g/mol. The Hall–Kier alpha value is -0.960. The van der Waals surface area contributed by atoms with Crippen LogP contribution in [0.3, 0.4) is 0 Å². The molecule has 1 aromatic rings. The number of aryl methyl sites for hydroxylation is 2. The molecule has 3 heteroatoms. The molecule has 0 radical (unpaired) electrons. The van der Waals surface area contributed by atoms with Crippen LogP contribution in [0.25, 0.3) is 0 Å². The lowest BCUT2D eigenvalue weighted by Crippen LogP contribution is -1.78. The third kappa shape index (κ3) is 6.22. The minimum Gasteiger partial charge on any atom is -0.481 e. The molecule has 0 heterocycles. The van der Waals surface area contributed by atoms with E-state index < -0.39 is 5.97 Å². The Balaban J connectivity index is 0.000000310. The van der Waals surface area contributed by atoms with Crippen LogP contribution in [-0.2, 0) is 4.79 Å². The average molecular weight is 198 g/mol. The Morgan fingerprint density at radius 3 is 2.08 bits per heavy atom. The monoisotopic (exact) mass is 198 g/mol. The van der Waals surface area contributed by atoms with Gasteiger partial charge in [0, 0.05) is 11.8 Å². The van der Waals surface area contributed by atoms with Crippen molar-refractivity contribution in [3.63, 3.8) is 0 Å². The molecule has 0 saturated heterocycles. The summed E-state index contributed by atoms with van der Waals surface area (Å²) in [5, 5.41) is 7.42. The van der Waals surface area contributed by atoms with Crippen LogP contribution in [0.1, 0.15) is 18.1 Å². The van der Waals surface area contributed by atoms with E-state index in [1.165, 1.54) is 11.1 Å². The summed E-state index contributed by atoms with van der Waals surface area (Å²) in [6.07, 6.45) is 0. The molecule has 1 aromatic carbocycles. The lowest BCUT2D eigenvalue weighted by atomic mass is 10.1. The van der Waals surface area contributed by atoms with Crippen molar-refractivity contribution in [1.82, 2.24) is 0 Å². The summed E-state index contributed by atoms with van der Waals surface area (Å²) in [5.41, 5.74) is 2.63. The largest absolute Gasteiger partial charge is 0.481 e. The number of rotatable bonds is 0. The van der Waals surface area contributed by atoms with Crippen LogP contribution in [0.15, 0.2) is 23.1 Å². The molecule has 2 nitrogen and oxygen atoms in total. The molecule has 0 aromatic heterocycles. The van der Waals surface area contributed by atoms with Crippen molar-refractivity contribution in [2.45, 2.75) is 25.7 Å². The maximum atomic E-state index is 9.00. The Bertz CT molecular complexity index is 291. The van der Waals surface area contributed by atoms with Crippen LogP contribution >= 0.6 is 12.6 Å². The third-order valence-electron chi connectivity index (χ3n) is 1.49. The molecule has 0 aliphatic heterocycles. The normalized spacial score (nSPS) is 8.62. The SMILES string of the molecule is CC(=O)O.Cc1ccc(S)cc1C. The van der Waals surface area contributed by atoms with E-state index in [1.54, 1.807) is 0 Å². The van der Waals surface area contributed by atoms with Gasteiger partial charge in [0.15, 0.2) is 0 Å². The molecule has 72 valence electrons. The number of benzene rings is 1. The van der Waals surface area contributed by atoms with Crippen molar-refractivity contribution >= 4 is 18.6 Å². The van der Waals surface area contributed by atoms with Crippen LogP contribution in [0.4, 0.5) is 0 Å². The summed E-state index contributed by atoms with van der Waals surface area (Å²) in [7, 11) is 0. The first kappa shape index (κ1) is 12.0. The van der Waals surface area contributed by atoms with Gasteiger partial charge in [-0.15, -0.1) is 12.6 Å². The van der Waals surface area contributed by atoms with E-state index in [9.17, 15) is 0 Å². The molecule has 0 amide bonds. The predicted molar refractivity (Wildman–Crippen MR) is 56.5 cm³/mol. The molecule has 0 aliphatic carbocycles. The minimum absolute atomic E-state index is 0.833. The van der Waals surface area contributed by atoms with Gasteiger partial charge in [-0.05, 0) is 37.1 Å². The maximum Gasteiger partial charge on any atom is 0.300 e. The summed E-state index contributed by atoms with van der Waals surface area (Å²) in [4.78, 5) is 10.0. The Morgan fingerprint density at radius 2 is 1.77 bits per heavy atom. The maximum absolute atomic E-state index is 9.00. The lowest BCUT2D eigenvalue weighted by molar-refractivity contribution is -0.134. The van der Waals surface area contributed by atoms with E-state index >= 15 is 0 Å².